The predicted molar refractivity (Wildman–Crippen MR) is 85.8 cm³/mol. The zero-order valence-corrected chi connectivity index (χ0v) is 14.9. The Bertz CT molecular complexity index is 581. The van der Waals surface area contributed by atoms with Crippen LogP contribution in [0, 0.1) is 11.3 Å². The van der Waals surface area contributed by atoms with E-state index in [0.717, 1.165) is 0 Å². The van der Waals surface area contributed by atoms with Crippen molar-refractivity contribution in [3.63, 3.8) is 0 Å². The maximum Gasteiger partial charge on any atom is 0.324 e. The van der Waals surface area contributed by atoms with Gasteiger partial charge in [-0.3, -0.25) is 4.79 Å². The Morgan fingerprint density at radius 1 is 1.32 bits per heavy atom. The molecule has 1 heterocycles. The van der Waals surface area contributed by atoms with Crippen molar-refractivity contribution in [1.29, 1.82) is 0 Å². The zero-order valence-electron chi connectivity index (χ0n) is 14.1. The number of rotatable bonds is 3. The molecular weight excluding hydrogens is 302 g/mol. The molecule has 0 spiro atoms. The molecule has 5 nitrogen and oxygen atoms in total. The molecule has 0 bridgehead atoms. The topological polar surface area (TPSA) is 63.7 Å². The Kier molecular flexibility index (Phi) is 4.48. The number of ether oxygens (including phenoxy) is 1. The molecule has 3 atom stereocenters. The smallest absolute Gasteiger partial charge is 0.324 e. The summed E-state index contributed by atoms with van der Waals surface area (Å²) >= 11 is 0. The lowest BCUT2D eigenvalue weighted by atomic mass is 9.73. The fourth-order valence-electron chi connectivity index (χ4n) is 3.73. The number of nitrogens with zero attached hydrogens (tertiary/aromatic N) is 1. The van der Waals surface area contributed by atoms with E-state index in [1.165, 1.54) is 11.4 Å². The van der Waals surface area contributed by atoms with Gasteiger partial charge in [-0.2, -0.15) is 4.31 Å². The SMILES string of the molecule is COC(=O)[C@H]1CCCN1S(=O)(=O)C1(C)CC(C)(C)C=CC1C. The van der Waals surface area contributed by atoms with Crippen LogP contribution >= 0.6 is 0 Å². The van der Waals surface area contributed by atoms with Gasteiger partial charge in [-0.05, 0) is 37.5 Å². The van der Waals surface area contributed by atoms with Crippen LogP contribution in [0.2, 0.25) is 0 Å². The fourth-order valence-corrected chi connectivity index (χ4v) is 6.26. The lowest BCUT2D eigenvalue weighted by molar-refractivity contribution is -0.144. The summed E-state index contributed by atoms with van der Waals surface area (Å²) in [6.45, 7) is 8.24. The number of carbonyl (C=O) groups excluding carboxylic acids is 1. The third-order valence-electron chi connectivity index (χ3n) is 5.18. The Balaban J connectivity index is 2.41. The van der Waals surface area contributed by atoms with Gasteiger partial charge in [0.25, 0.3) is 0 Å². The third kappa shape index (κ3) is 2.71. The number of hydrogen-bond donors (Lipinski definition) is 0. The highest BCUT2D eigenvalue weighted by atomic mass is 32.2. The fraction of sp³-hybridized carbons (Fsp3) is 0.812. The lowest BCUT2D eigenvalue weighted by Crippen LogP contribution is -2.55. The molecule has 22 heavy (non-hydrogen) atoms. The minimum atomic E-state index is -3.60. The van der Waals surface area contributed by atoms with E-state index in [4.69, 9.17) is 4.74 Å². The number of carbonyl (C=O) groups is 1. The van der Waals surface area contributed by atoms with Crippen molar-refractivity contribution in [2.24, 2.45) is 11.3 Å². The molecule has 2 rings (SSSR count). The average molecular weight is 329 g/mol. The quantitative estimate of drug-likeness (QED) is 0.589. The lowest BCUT2D eigenvalue weighted by Gasteiger charge is -2.45. The summed E-state index contributed by atoms with van der Waals surface area (Å²) in [5.74, 6) is -0.549. The van der Waals surface area contributed by atoms with E-state index < -0.39 is 26.8 Å². The van der Waals surface area contributed by atoms with Gasteiger partial charge in [-0.1, -0.05) is 32.9 Å². The van der Waals surface area contributed by atoms with Crippen molar-refractivity contribution in [2.75, 3.05) is 13.7 Å². The highest BCUT2D eigenvalue weighted by molar-refractivity contribution is 7.90. The van der Waals surface area contributed by atoms with Crippen LogP contribution in [0.5, 0.6) is 0 Å². The van der Waals surface area contributed by atoms with Crippen LogP contribution in [-0.4, -0.2) is 43.1 Å². The zero-order chi connectivity index (χ0) is 16.8. The monoisotopic (exact) mass is 329 g/mol. The Morgan fingerprint density at radius 2 is 1.95 bits per heavy atom. The summed E-state index contributed by atoms with van der Waals surface area (Å²) in [7, 11) is -2.30. The normalized spacial score (nSPS) is 35.5. The van der Waals surface area contributed by atoms with E-state index >= 15 is 0 Å². The molecular formula is C16H27NO4S. The Morgan fingerprint density at radius 3 is 2.55 bits per heavy atom. The molecule has 2 unspecified atom stereocenters. The van der Waals surface area contributed by atoms with Crippen LogP contribution in [-0.2, 0) is 19.6 Å². The van der Waals surface area contributed by atoms with E-state index in [1.54, 1.807) is 0 Å². The molecule has 0 radical (unpaired) electrons. The van der Waals surface area contributed by atoms with Gasteiger partial charge in [0, 0.05) is 6.54 Å². The molecule has 6 heteroatoms. The molecule has 1 aliphatic carbocycles. The summed E-state index contributed by atoms with van der Waals surface area (Å²) in [4.78, 5) is 11.9. The van der Waals surface area contributed by atoms with Gasteiger partial charge in [0.1, 0.15) is 6.04 Å². The van der Waals surface area contributed by atoms with Gasteiger partial charge in [-0.15, -0.1) is 0 Å². The number of hydrogen-bond acceptors (Lipinski definition) is 4. The van der Waals surface area contributed by atoms with E-state index in [0.29, 0.717) is 25.8 Å². The number of methoxy groups -OCH3 is 1. The first-order chi connectivity index (χ1) is 10.0. The molecule has 1 fully saturated rings. The first kappa shape index (κ1) is 17.5. The van der Waals surface area contributed by atoms with E-state index in [2.05, 4.69) is 6.08 Å². The summed E-state index contributed by atoms with van der Waals surface area (Å²) < 4.78 is 31.9. The standard InChI is InChI=1S/C16H27NO4S/c1-12-8-9-15(2,3)11-16(12,4)22(19,20)17-10-6-7-13(17)14(18)21-5/h8-9,12-13H,6-7,10-11H2,1-5H3/t12?,13-,16?/m1/s1. The number of esters is 1. The van der Waals surface area contributed by atoms with Crippen molar-refractivity contribution in [1.82, 2.24) is 4.31 Å². The van der Waals surface area contributed by atoms with Gasteiger partial charge in [0.05, 0.1) is 11.9 Å². The van der Waals surface area contributed by atoms with Gasteiger partial charge < -0.3 is 4.74 Å². The van der Waals surface area contributed by atoms with Crippen LogP contribution in [0.1, 0.15) is 47.0 Å². The van der Waals surface area contributed by atoms with Gasteiger partial charge in [0.2, 0.25) is 10.0 Å². The second-order valence-electron chi connectivity index (χ2n) is 7.42. The second-order valence-corrected chi connectivity index (χ2v) is 9.77. The minimum Gasteiger partial charge on any atom is -0.468 e. The van der Waals surface area contributed by atoms with Gasteiger partial charge in [0.15, 0.2) is 0 Å². The van der Waals surface area contributed by atoms with Crippen molar-refractivity contribution in [2.45, 2.75) is 57.7 Å². The molecule has 0 aromatic heterocycles. The first-order valence-electron chi connectivity index (χ1n) is 7.84. The molecule has 1 aliphatic heterocycles. The predicted octanol–water partition coefficient (Wildman–Crippen LogP) is 2.33. The van der Waals surface area contributed by atoms with Crippen molar-refractivity contribution < 1.29 is 17.9 Å². The summed E-state index contributed by atoms with van der Waals surface area (Å²) in [5.41, 5.74) is -0.172. The summed E-state index contributed by atoms with van der Waals surface area (Å²) in [6.07, 6.45) is 5.86. The van der Waals surface area contributed by atoms with Crippen molar-refractivity contribution >= 4 is 16.0 Å². The Labute approximate surface area is 133 Å². The van der Waals surface area contributed by atoms with Crippen LogP contribution in [0.3, 0.4) is 0 Å². The molecule has 1 saturated heterocycles. The summed E-state index contributed by atoms with van der Waals surface area (Å²) in [5, 5.41) is 0. The first-order valence-corrected chi connectivity index (χ1v) is 9.28. The second kappa shape index (κ2) is 5.64. The van der Waals surface area contributed by atoms with Crippen LogP contribution in [0.25, 0.3) is 0 Å². The molecule has 0 N–H and O–H groups in total. The number of allylic oxidation sites excluding steroid dienone is 2. The molecule has 2 aliphatic rings. The molecule has 0 aromatic rings. The van der Waals surface area contributed by atoms with E-state index in [1.807, 2.05) is 33.8 Å². The Hall–Kier alpha value is -0.880. The van der Waals surface area contributed by atoms with Crippen LogP contribution in [0.15, 0.2) is 12.2 Å². The third-order valence-corrected chi connectivity index (χ3v) is 7.93. The van der Waals surface area contributed by atoms with E-state index in [9.17, 15) is 13.2 Å². The van der Waals surface area contributed by atoms with E-state index in [-0.39, 0.29) is 11.3 Å². The van der Waals surface area contributed by atoms with Crippen LogP contribution in [0.4, 0.5) is 0 Å². The number of sulfonamides is 1. The molecule has 126 valence electrons. The largest absolute Gasteiger partial charge is 0.468 e. The van der Waals surface area contributed by atoms with Crippen LogP contribution < -0.4 is 0 Å². The maximum absolute atomic E-state index is 13.3. The molecule has 0 amide bonds. The minimum absolute atomic E-state index is 0.0931. The average Bonchev–Trinajstić information content (AvgIpc) is 2.92. The highest BCUT2D eigenvalue weighted by Crippen LogP contribution is 2.46. The van der Waals surface area contributed by atoms with Gasteiger partial charge in [-0.25, -0.2) is 8.42 Å². The highest BCUT2D eigenvalue weighted by Gasteiger charge is 2.54. The van der Waals surface area contributed by atoms with Crippen molar-refractivity contribution in [3.8, 4) is 0 Å². The molecule has 0 aromatic carbocycles. The molecule has 0 saturated carbocycles. The summed E-state index contributed by atoms with van der Waals surface area (Å²) in [6, 6.07) is -0.673. The van der Waals surface area contributed by atoms with Gasteiger partial charge >= 0.3 is 5.97 Å². The maximum atomic E-state index is 13.3. The van der Waals surface area contributed by atoms with Crippen molar-refractivity contribution in [3.05, 3.63) is 12.2 Å².